The van der Waals surface area contributed by atoms with Crippen LogP contribution in [0.1, 0.15) is 99.7 Å². The number of aryl methyl sites for hydroxylation is 1. The third-order valence-corrected chi connectivity index (χ3v) is 6.93. The van der Waals surface area contributed by atoms with Crippen molar-refractivity contribution in [3.8, 4) is 11.3 Å². The second-order valence-electron chi connectivity index (χ2n) is 8.66. The van der Waals surface area contributed by atoms with E-state index in [-0.39, 0.29) is 5.97 Å². The van der Waals surface area contributed by atoms with Crippen molar-refractivity contribution in [3.05, 3.63) is 47.1 Å². The number of unbranched alkanes of at least 4 members (excludes halogenated alkanes) is 9. The molecule has 5 heteroatoms. The van der Waals surface area contributed by atoms with E-state index in [4.69, 9.17) is 9.72 Å². The van der Waals surface area contributed by atoms with Crippen molar-refractivity contribution in [1.82, 2.24) is 9.38 Å². The van der Waals surface area contributed by atoms with Crippen LogP contribution >= 0.6 is 11.3 Å². The normalized spacial score (nSPS) is 11.3. The molecule has 0 saturated heterocycles. The smallest absolute Gasteiger partial charge is 0.338 e. The first-order valence-corrected chi connectivity index (χ1v) is 13.3. The summed E-state index contributed by atoms with van der Waals surface area (Å²) in [6, 6.07) is 7.60. The van der Waals surface area contributed by atoms with E-state index in [1.165, 1.54) is 62.7 Å². The van der Waals surface area contributed by atoms with Crippen LogP contribution in [0.5, 0.6) is 0 Å². The van der Waals surface area contributed by atoms with E-state index >= 15 is 0 Å². The van der Waals surface area contributed by atoms with Gasteiger partial charge in [-0.25, -0.2) is 9.78 Å². The molecule has 3 rings (SSSR count). The molecular formula is C27H38N2O2S. The van der Waals surface area contributed by atoms with E-state index in [0.717, 1.165) is 35.5 Å². The second-order valence-corrected chi connectivity index (χ2v) is 9.75. The number of carbonyl (C=O) groups is 1. The maximum Gasteiger partial charge on any atom is 0.338 e. The fourth-order valence-electron chi connectivity index (χ4n) is 3.91. The molecule has 0 amide bonds. The number of aromatic nitrogens is 2. The highest BCUT2D eigenvalue weighted by Gasteiger charge is 2.11. The van der Waals surface area contributed by atoms with Crippen LogP contribution in [0.4, 0.5) is 0 Å². The Labute approximate surface area is 197 Å². The quantitative estimate of drug-likeness (QED) is 0.172. The van der Waals surface area contributed by atoms with Gasteiger partial charge in [0.15, 0.2) is 4.96 Å². The Morgan fingerprint density at radius 1 is 0.875 bits per heavy atom. The number of nitrogens with zero attached hydrogens (tertiary/aromatic N) is 2. The van der Waals surface area contributed by atoms with Gasteiger partial charge in [0.25, 0.3) is 0 Å². The molecule has 1 aromatic carbocycles. The lowest BCUT2D eigenvalue weighted by Crippen LogP contribution is -2.06. The summed E-state index contributed by atoms with van der Waals surface area (Å²) >= 11 is 1.78. The highest BCUT2D eigenvalue weighted by atomic mass is 32.1. The van der Waals surface area contributed by atoms with E-state index in [9.17, 15) is 4.79 Å². The molecule has 0 fully saturated rings. The Hall–Kier alpha value is -2.14. The summed E-state index contributed by atoms with van der Waals surface area (Å²) < 4.78 is 7.55. The molecule has 174 valence electrons. The van der Waals surface area contributed by atoms with Gasteiger partial charge in [-0.1, -0.05) is 83.8 Å². The number of fused-ring (bicyclic) bond motifs is 1. The number of ether oxygens (including phenoxy) is 1. The summed E-state index contributed by atoms with van der Waals surface area (Å²) in [5.41, 5.74) is 2.57. The molecule has 0 radical (unpaired) electrons. The lowest BCUT2D eigenvalue weighted by atomic mass is 10.1. The minimum Gasteiger partial charge on any atom is -0.462 e. The zero-order chi connectivity index (χ0) is 22.6. The molecule has 2 aromatic heterocycles. The third-order valence-electron chi connectivity index (χ3n) is 5.88. The Morgan fingerprint density at radius 2 is 1.53 bits per heavy atom. The van der Waals surface area contributed by atoms with E-state index in [2.05, 4.69) is 30.6 Å². The van der Waals surface area contributed by atoms with Gasteiger partial charge in [-0.15, -0.1) is 11.3 Å². The predicted molar refractivity (Wildman–Crippen MR) is 135 cm³/mol. The van der Waals surface area contributed by atoms with Crippen LogP contribution in [0, 0.1) is 0 Å². The number of hydrogen-bond donors (Lipinski definition) is 0. The van der Waals surface area contributed by atoms with Crippen molar-refractivity contribution in [1.29, 1.82) is 0 Å². The number of carbonyl (C=O) groups excluding carboxylic acids is 1. The maximum atomic E-state index is 12.3. The van der Waals surface area contributed by atoms with Gasteiger partial charge in [0.05, 0.1) is 17.9 Å². The lowest BCUT2D eigenvalue weighted by Gasteiger charge is -2.05. The van der Waals surface area contributed by atoms with Crippen LogP contribution in [0.3, 0.4) is 0 Å². The van der Waals surface area contributed by atoms with Crippen molar-refractivity contribution in [2.45, 2.75) is 90.9 Å². The van der Waals surface area contributed by atoms with Gasteiger partial charge in [-0.2, -0.15) is 0 Å². The number of hydrogen-bond acceptors (Lipinski definition) is 4. The van der Waals surface area contributed by atoms with Crippen molar-refractivity contribution in [2.24, 2.45) is 0 Å². The molecule has 4 nitrogen and oxygen atoms in total. The Bertz CT molecular complexity index is 911. The van der Waals surface area contributed by atoms with E-state index in [1.54, 1.807) is 11.3 Å². The van der Waals surface area contributed by atoms with Gasteiger partial charge in [-0.3, -0.25) is 4.40 Å². The van der Waals surface area contributed by atoms with Gasteiger partial charge in [0, 0.05) is 22.8 Å². The average molecular weight is 455 g/mol. The van der Waals surface area contributed by atoms with E-state index in [1.807, 2.05) is 24.3 Å². The van der Waals surface area contributed by atoms with Crippen molar-refractivity contribution in [3.63, 3.8) is 0 Å². The Morgan fingerprint density at radius 3 is 2.22 bits per heavy atom. The summed E-state index contributed by atoms with van der Waals surface area (Å²) in [6.07, 6.45) is 19.1. The van der Waals surface area contributed by atoms with Crippen LogP contribution in [-0.2, 0) is 11.2 Å². The zero-order valence-electron chi connectivity index (χ0n) is 19.8. The first kappa shape index (κ1) is 24.5. The Kier molecular flexibility index (Phi) is 10.3. The molecule has 0 saturated carbocycles. The largest absolute Gasteiger partial charge is 0.462 e. The predicted octanol–water partition coefficient (Wildman–Crippen LogP) is 8.09. The number of thiazole rings is 1. The minimum absolute atomic E-state index is 0.237. The summed E-state index contributed by atoms with van der Waals surface area (Å²) in [7, 11) is 0. The molecule has 3 aromatic rings. The molecule has 32 heavy (non-hydrogen) atoms. The fourth-order valence-corrected chi connectivity index (χ4v) is 4.91. The molecule has 0 unspecified atom stereocenters. The molecule has 0 atom stereocenters. The Balaban J connectivity index is 1.46. The van der Waals surface area contributed by atoms with Crippen molar-refractivity contribution in [2.75, 3.05) is 6.61 Å². The summed E-state index contributed by atoms with van der Waals surface area (Å²) in [4.78, 5) is 19.5. The van der Waals surface area contributed by atoms with Crippen LogP contribution < -0.4 is 0 Å². The SMILES string of the molecule is CCCCCCCCOC(=O)c1ccc(-c2cn3cc(CCCCCCC)sc3n2)cc1. The monoisotopic (exact) mass is 454 g/mol. The van der Waals surface area contributed by atoms with Crippen molar-refractivity contribution < 1.29 is 9.53 Å². The highest BCUT2D eigenvalue weighted by molar-refractivity contribution is 7.17. The van der Waals surface area contributed by atoms with Crippen LogP contribution in [0.15, 0.2) is 36.7 Å². The minimum atomic E-state index is -0.237. The van der Waals surface area contributed by atoms with Gasteiger partial charge in [-0.05, 0) is 31.4 Å². The summed E-state index contributed by atoms with van der Waals surface area (Å²) in [6.45, 7) is 4.98. The molecule has 0 bridgehead atoms. The standard InChI is InChI=1S/C27H38N2O2S/c1-3-5-7-9-11-13-19-31-26(30)23-17-15-22(16-18-23)25-21-29-20-24(32-27(29)28-25)14-12-10-8-6-4-2/h15-18,20-21H,3-14,19H2,1-2H3. The topological polar surface area (TPSA) is 43.6 Å². The van der Waals surface area contributed by atoms with E-state index in [0.29, 0.717) is 12.2 Å². The molecule has 2 heterocycles. The molecule has 0 N–H and O–H groups in total. The highest BCUT2D eigenvalue weighted by Crippen LogP contribution is 2.25. The third kappa shape index (κ3) is 7.47. The molecule has 0 aliphatic rings. The molecule has 0 aliphatic carbocycles. The molecular weight excluding hydrogens is 416 g/mol. The fraction of sp³-hybridized carbons (Fsp3) is 0.556. The first-order valence-electron chi connectivity index (χ1n) is 12.5. The van der Waals surface area contributed by atoms with Gasteiger partial charge in [0.1, 0.15) is 0 Å². The number of benzene rings is 1. The van der Waals surface area contributed by atoms with Gasteiger partial charge < -0.3 is 4.74 Å². The van der Waals surface area contributed by atoms with Crippen LogP contribution in [-0.4, -0.2) is 22.0 Å². The second kappa shape index (κ2) is 13.4. The molecule has 0 spiro atoms. The summed E-state index contributed by atoms with van der Waals surface area (Å²) in [5.74, 6) is -0.237. The van der Waals surface area contributed by atoms with E-state index < -0.39 is 0 Å². The zero-order valence-corrected chi connectivity index (χ0v) is 20.6. The summed E-state index contributed by atoms with van der Waals surface area (Å²) in [5, 5.41) is 0. The van der Waals surface area contributed by atoms with Gasteiger partial charge in [0.2, 0.25) is 0 Å². The van der Waals surface area contributed by atoms with Crippen LogP contribution in [0.25, 0.3) is 16.2 Å². The number of rotatable bonds is 15. The van der Waals surface area contributed by atoms with Gasteiger partial charge >= 0.3 is 5.97 Å². The molecule has 0 aliphatic heterocycles. The van der Waals surface area contributed by atoms with Crippen LogP contribution in [0.2, 0.25) is 0 Å². The van der Waals surface area contributed by atoms with Crippen molar-refractivity contribution >= 4 is 22.3 Å². The maximum absolute atomic E-state index is 12.3. The average Bonchev–Trinajstić information content (AvgIpc) is 3.37. The number of esters is 1. The lowest BCUT2D eigenvalue weighted by molar-refractivity contribution is 0.0497. The number of imidazole rings is 1. The first-order chi connectivity index (χ1) is 15.7.